The maximum absolute atomic E-state index is 6.23. The highest BCUT2D eigenvalue weighted by molar-refractivity contribution is 5.85. The van der Waals surface area contributed by atoms with Crippen LogP contribution in [0.3, 0.4) is 0 Å². The number of hydrogen-bond acceptors (Lipinski definition) is 2. The smallest absolute Gasteiger partial charge is 0.0665 e. The van der Waals surface area contributed by atoms with Gasteiger partial charge in [0, 0.05) is 13.1 Å². The van der Waals surface area contributed by atoms with Gasteiger partial charge in [0.15, 0.2) is 0 Å². The van der Waals surface area contributed by atoms with Gasteiger partial charge in [-0.2, -0.15) is 0 Å². The van der Waals surface area contributed by atoms with Crippen LogP contribution in [0.4, 0.5) is 0 Å². The Morgan fingerprint density at radius 3 is 2.43 bits per heavy atom. The van der Waals surface area contributed by atoms with E-state index in [0.29, 0.717) is 0 Å². The Hall–Kier alpha value is -0.570. The zero-order chi connectivity index (χ0) is 9.47. The number of benzene rings is 1. The summed E-state index contributed by atoms with van der Waals surface area (Å²) in [6.45, 7) is 6.08. The van der Waals surface area contributed by atoms with Gasteiger partial charge in [-0.05, 0) is 30.5 Å². The van der Waals surface area contributed by atoms with E-state index < -0.39 is 0 Å². The highest BCUT2D eigenvalue weighted by atomic mass is 35.5. The maximum atomic E-state index is 6.23. The molecule has 0 unspecified atom stereocenters. The monoisotopic (exact) mass is 212 g/mol. The molecule has 0 aromatic heterocycles. The maximum Gasteiger partial charge on any atom is 0.0665 e. The molecule has 2 nitrogen and oxygen atoms in total. The van der Waals surface area contributed by atoms with Gasteiger partial charge in [0.05, 0.1) is 5.54 Å². The Morgan fingerprint density at radius 1 is 1.29 bits per heavy atom. The van der Waals surface area contributed by atoms with Crippen molar-refractivity contribution in [1.29, 1.82) is 0 Å². The van der Waals surface area contributed by atoms with Crippen LogP contribution >= 0.6 is 12.4 Å². The molecule has 1 aromatic rings. The topological polar surface area (TPSA) is 38.0 Å². The minimum atomic E-state index is -0.115. The zero-order valence-electron chi connectivity index (χ0n) is 8.63. The Kier molecular flexibility index (Phi) is 3.20. The third-order valence-electron chi connectivity index (χ3n) is 3.02. The molecule has 14 heavy (non-hydrogen) atoms. The Bertz CT molecular complexity index is 332. The molecule has 0 atom stereocenters. The van der Waals surface area contributed by atoms with E-state index in [0.717, 1.165) is 13.1 Å². The van der Waals surface area contributed by atoms with Crippen molar-refractivity contribution in [2.45, 2.75) is 19.4 Å². The van der Waals surface area contributed by atoms with Gasteiger partial charge in [-0.15, -0.1) is 12.4 Å². The summed E-state index contributed by atoms with van der Waals surface area (Å²) in [5, 5.41) is 3.22. The van der Waals surface area contributed by atoms with E-state index in [1.807, 2.05) is 0 Å². The van der Waals surface area contributed by atoms with E-state index in [9.17, 15) is 0 Å². The summed E-state index contributed by atoms with van der Waals surface area (Å²) in [7, 11) is 0. The average Bonchev–Trinajstić information content (AvgIpc) is 2.06. The molecule has 0 aliphatic carbocycles. The highest BCUT2D eigenvalue weighted by Gasteiger charge is 2.35. The molecule has 3 heteroatoms. The van der Waals surface area contributed by atoms with E-state index in [1.165, 1.54) is 16.7 Å². The van der Waals surface area contributed by atoms with E-state index in [4.69, 9.17) is 5.73 Å². The van der Waals surface area contributed by atoms with Crippen molar-refractivity contribution in [2.75, 3.05) is 13.1 Å². The van der Waals surface area contributed by atoms with Crippen LogP contribution in [-0.2, 0) is 5.54 Å². The summed E-state index contributed by atoms with van der Waals surface area (Å²) in [6.07, 6.45) is 0. The van der Waals surface area contributed by atoms with Crippen molar-refractivity contribution in [3.05, 3.63) is 34.9 Å². The molecule has 1 fully saturated rings. The second-order valence-corrected chi connectivity index (χ2v) is 4.01. The largest absolute Gasteiger partial charge is 0.319 e. The van der Waals surface area contributed by atoms with Crippen LogP contribution in [0.2, 0.25) is 0 Å². The van der Waals surface area contributed by atoms with Gasteiger partial charge in [-0.25, -0.2) is 0 Å². The summed E-state index contributed by atoms with van der Waals surface area (Å²) in [5.74, 6) is 0. The van der Waals surface area contributed by atoms with Crippen LogP contribution in [0.5, 0.6) is 0 Å². The number of rotatable bonds is 1. The van der Waals surface area contributed by atoms with Crippen LogP contribution in [0.25, 0.3) is 0 Å². The molecule has 0 radical (unpaired) electrons. The first-order chi connectivity index (χ1) is 6.13. The van der Waals surface area contributed by atoms with Crippen molar-refractivity contribution in [3.8, 4) is 0 Å². The fraction of sp³-hybridized carbons (Fsp3) is 0.455. The second kappa shape index (κ2) is 3.89. The van der Waals surface area contributed by atoms with Gasteiger partial charge in [0.2, 0.25) is 0 Å². The number of halogens is 1. The van der Waals surface area contributed by atoms with Crippen molar-refractivity contribution in [1.82, 2.24) is 5.32 Å². The second-order valence-electron chi connectivity index (χ2n) is 4.01. The Morgan fingerprint density at radius 2 is 1.93 bits per heavy atom. The molecule has 0 spiro atoms. The average molecular weight is 213 g/mol. The van der Waals surface area contributed by atoms with Crippen LogP contribution in [0.1, 0.15) is 16.7 Å². The van der Waals surface area contributed by atoms with Crippen molar-refractivity contribution in [3.63, 3.8) is 0 Å². The SMILES string of the molecule is Cc1cccc(C2(N)CNC2)c1C.Cl. The summed E-state index contributed by atoms with van der Waals surface area (Å²) in [5.41, 5.74) is 10.1. The Balaban J connectivity index is 0.000000980. The third-order valence-corrected chi connectivity index (χ3v) is 3.02. The fourth-order valence-corrected chi connectivity index (χ4v) is 1.88. The molecule has 0 bridgehead atoms. The molecule has 1 saturated heterocycles. The molecular formula is C11H17ClN2. The van der Waals surface area contributed by atoms with Crippen LogP contribution in [0.15, 0.2) is 18.2 Å². The first kappa shape index (κ1) is 11.5. The van der Waals surface area contributed by atoms with Gasteiger partial charge in [0.25, 0.3) is 0 Å². The molecule has 0 saturated carbocycles. The fourth-order valence-electron chi connectivity index (χ4n) is 1.88. The summed E-state index contributed by atoms with van der Waals surface area (Å²) in [6, 6.07) is 6.36. The first-order valence-corrected chi connectivity index (χ1v) is 4.70. The minimum absolute atomic E-state index is 0. The Labute approximate surface area is 91.3 Å². The van der Waals surface area contributed by atoms with Crippen molar-refractivity contribution in [2.24, 2.45) is 5.73 Å². The lowest BCUT2D eigenvalue weighted by Crippen LogP contribution is -2.63. The van der Waals surface area contributed by atoms with Gasteiger partial charge in [-0.3, -0.25) is 0 Å². The van der Waals surface area contributed by atoms with Gasteiger partial charge in [-0.1, -0.05) is 18.2 Å². The number of nitrogens with one attached hydrogen (secondary N) is 1. The van der Waals surface area contributed by atoms with Gasteiger partial charge < -0.3 is 11.1 Å². The minimum Gasteiger partial charge on any atom is -0.319 e. The molecule has 1 aliphatic rings. The van der Waals surface area contributed by atoms with Crippen LogP contribution in [0, 0.1) is 13.8 Å². The molecule has 1 heterocycles. The number of hydrogen-bond donors (Lipinski definition) is 2. The third kappa shape index (κ3) is 1.65. The molecule has 0 amide bonds. The molecular weight excluding hydrogens is 196 g/mol. The first-order valence-electron chi connectivity index (χ1n) is 4.70. The normalized spacial score (nSPS) is 18.2. The lowest BCUT2D eigenvalue weighted by Gasteiger charge is -2.40. The standard InChI is InChI=1S/C11H16N2.ClH/c1-8-4-3-5-10(9(8)2)11(12)6-13-7-11;/h3-5,13H,6-7,12H2,1-2H3;1H. The van der Waals surface area contributed by atoms with Gasteiger partial charge in [0.1, 0.15) is 0 Å². The van der Waals surface area contributed by atoms with Crippen molar-refractivity contribution < 1.29 is 0 Å². The zero-order valence-corrected chi connectivity index (χ0v) is 9.45. The van der Waals surface area contributed by atoms with Gasteiger partial charge >= 0.3 is 0 Å². The number of aryl methyl sites for hydroxylation is 1. The highest BCUT2D eigenvalue weighted by Crippen LogP contribution is 2.26. The van der Waals surface area contributed by atoms with Crippen LogP contribution < -0.4 is 11.1 Å². The molecule has 1 aromatic carbocycles. The van der Waals surface area contributed by atoms with E-state index in [1.54, 1.807) is 0 Å². The summed E-state index contributed by atoms with van der Waals surface area (Å²) in [4.78, 5) is 0. The predicted molar refractivity (Wildman–Crippen MR) is 61.9 cm³/mol. The predicted octanol–water partition coefficient (Wildman–Crippen LogP) is 1.48. The summed E-state index contributed by atoms with van der Waals surface area (Å²) < 4.78 is 0. The molecule has 1 aliphatic heterocycles. The molecule has 78 valence electrons. The lowest BCUT2D eigenvalue weighted by atomic mass is 9.82. The van der Waals surface area contributed by atoms with E-state index >= 15 is 0 Å². The van der Waals surface area contributed by atoms with Crippen molar-refractivity contribution >= 4 is 12.4 Å². The lowest BCUT2D eigenvalue weighted by molar-refractivity contribution is 0.286. The quantitative estimate of drug-likeness (QED) is 0.740. The van der Waals surface area contributed by atoms with Crippen LogP contribution in [-0.4, -0.2) is 13.1 Å². The number of nitrogens with two attached hydrogens (primary N) is 1. The van der Waals surface area contributed by atoms with E-state index in [2.05, 4.69) is 37.4 Å². The summed E-state index contributed by atoms with van der Waals surface area (Å²) >= 11 is 0. The molecule has 2 rings (SSSR count). The van der Waals surface area contributed by atoms with E-state index in [-0.39, 0.29) is 17.9 Å². The molecule has 3 N–H and O–H groups in total.